The summed E-state index contributed by atoms with van der Waals surface area (Å²) in [6.07, 6.45) is 4.32. The van der Waals surface area contributed by atoms with Crippen molar-refractivity contribution in [3.8, 4) is 0 Å². The largest absolute Gasteiger partial charge is 0.369 e. The van der Waals surface area contributed by atoms with E-state index in [0.29, 0.717) is 12.1 Å². The lowest BCUT2D eigenvalue weighted by Gasteiger charge is -2.38. The lowest BCUT2D eigenvalue weighted by molar-refractivity contribution is 0.430. The number of anilines is 1. The number of nitrogens with zero attached hydrogens (tertiary/aromatic N) is 1. The molecule has 2 atom stereocenters. The first-order valence-electron chi connectivity index (χ1n) is 5.87. The summed E-state index contributed by atoms with van der Waals surface area (Å²) in [6, 6.07) is 9.78. The van der Waals surface area contributed by atoms with Crippen LogP contribution in [0.15, 0.2) is 29.2 Å². The molecular formula is C13H20N2S. The molecule has 0 saturated carbocycles. The van der Waals surface area contributed by atoms with Crippen LogP contribution in [0.1, 0.15) is 19.8 Å². The second-order valence-electron chi connectivity index (χ2n) is 4.52. The third-order valence-corrected chi connectivity index (χ3v) is 4.06. The molecule has 88 valence electrons. The van der Waals surface area contributed by atoms with E-state index in [2.05, 4.69) is 42.3 Å². The monoisotopic (exact) mass is 236 g/mol. The van der Waals surface area contributed by atoms with E-state index in [1.807, 2.05) is 0 Å². The fourth-order valence-corrected chi connectivity index (χ4v) is 2.77. The van der Waals surface area contributed by atoms with Crippen LogP contribution in [0.4, 0.5) is 5.69 Å². The van der Waals surface area contributed by atoms with Crippen molar-refractivity contribution in [3.63, 3.8) is 0 Å². The van der Waals surface area contributed by atoms with Crippen LogP contribution in [0.2, 0.25) is 0 Å². The average molecular weight is 236 g/mol. The Morgan fingerprint density at radius 2 is 2.00 bits per heavy atom. The maximum Gasteiger partial charge on any atom is 0.0369 e. The Bertz CT molecular complexity index is 336. The first-order valence-corrected chi connectivity index (χ1v) is 7.09. The zero-order valence-electron chi connectivity index (χ0n) is 10.0. The van der Waals surface area contributed by atoms with Gasteiger partial charge in [-0.2, -0.15) is 0 Å². The normalized spacial score (nSPS) is 25.8. The zero-order valence-corrected chi connectivity index (χ0v) is 10.8. The molecule has 1 aliphatic rings. The van der Waals surface area contributed by atoms with Crippen molar-refractivity contribution in [1.29, 1.82) is 0 Å². The van der Waals surface area contributed by atoms with Crippen LogP contribution >= 0.6 is 11.8 Å². The topological polar surface area (TPSA) is 29.3 Å². The van der Waals surface area contributed by atoms with E-state index in [0.717, 1.165) is 19.4 Å². The van der Waals surface area contributed by atoms with Crippen LogP contribution in [0.25, 0.3) is 0 Å². The Labute approximate surface area is 102 Å². The lowest BCUT2D eigenvalue weighted by atomic mass is 9.98. The SMILES string of the molecule is CSc1ccc(N2CCC(N)CC2C)cc1. The molecule has 0 aromatic heterocycles. The van der Waals surface area contributed by atoms with E-state index in [1.54, 1.807) is 11.8 Å². The fourth-order valence-electron chi connectivity index (χ4n) is 2.37. The van der Waals surface area contributed by atoms with Crippen molar-refractivity contribution in [1.82, 2.24) is 0 Å². The Hall–Kier alpha value is -0.670. The van der Waals surface area contributed by atoms with Gasteiger partial charge in [-0.3, -0.25) is 0 Å². The molecule has 1 aliphatic heterocycles. The highest BCUT2D eigenvalue weighted by atomic mass is 32.2. The fraction of sp³-hybridized carbons (Fsp3) is 0.538. The Morgan fingerprint density at radius 3 is 2.56 bits per heavy atom. The van der Waals surface area contributed by atoms with Gasteiger partial charge in [-0.15, -0.1) is 11.8 Å². The van der Waals surface area contributed by atoms with E-state index >= 15 is 0 Å². The van der Waals surface area contributed by atoms with Gasteiger partial charge >= 0.3 is 0 Å². The number of nitrogens with two attached hydrogens (primary N) is 1. The molecule has 16 heavy (non-hydrogen) atoms. The summed E-state index contributed by atoms with van der Waals surface area (Å²) in [7, 11) is 0. The van der Waals surface area contributed by atoms with Crippen LogP contribution in [0.5, 0.6) is 0 Å². The van der Waals surface area contributed by atoms with Crippen molar-refractivity contribution < 1.29 is 0 Å². The van der Waals surface area contributed by atoms with E-state index < -0.39 is 0 Å². The summed E-state index contributed by atoms with van der Waals surface area (Å²) in [5.74, 6) is 0. The number of hydrogen-bond donors (Lipinski definition) is 1. The first-order chi connectivity index (χ1) is 7.70. The number of piperidine rings is 1. The van der Waals surface area contributed by atoms with Gasteiger partial charge in [-0.05, 0) is 50.3 Å². The van der Waals surface area contributed by atoms with Crippen molar-refractivity contribution in [2.45, 2.75) is 36.7 Å². The molecule has 2 rings (SSSR count). The smallest absolute Gasteiger partial charge is 0.0369 e. The molecule has 0 bridgehead atoms. The molecule has 3 heteroatoms. The second-order valence-corrected chi connectivity index (χ2v) is 5.40. The average Bonchev–Trinajstić information content (AvgIpc) is 2.29. The Morgan fingerprint density at radius 1 is 1.31 bits per heavy atom. The molecular weight excluding hydrogens is 216 g/mol. The highest BCUT2D eigenvalue weighted by molar-refractivity contribution is 7.98. The zero-order chi connectivity index (χ0) is 11.5. The van der Waals surface area contributed by atoms with Crippen molar-refractivity contribution in [2.24, 2.45) is 5.73 Å². The number of rotatable bonds is 2. The molecule has 1 aromatic rings. The molecule has 0 aliphatic carbocycles. The van der Waals surface area contributed by atoms with Gasteiger partial charge < -0.3 is 10.6 Å². The first kappa shape index (κ1) is 11.8. The van der Waals surface area contributed by atoms with Gasteiger partial charge in [0, 0.05) is 29.2 Å². The molecule has 1 saturated heterocycles. The van der Waals surface area contributed by atoms with Crippen molar-refractivity contribution in [3.05, 3.63) is 24.3 Å². The molecule has 1 heterocycles. The quantitative estimate of drug-likeness (QED) is 0.801. The molecule has 2 N–H and O–H groups in total. The highest BCUT2D eigenvalue weighted by Gasteiger charge is 2.22. The number of hydrogen-bond acceptors (Lipinski definition) is 3. The summed E-state index contributed by atoms with van der Waals surface area (Å²) < 4.78 is 0. The predicted octanol–water partition coefficient (Wildman–Crippen LogP) is 2.72. The summed E-state index contributed by atoms with van der Waals surface area (Å²) in [5, 5.41) is 0. The summed E-state index contributed by atoms with van der Waals surface area (Å²) >= 11 is 1.79. The van der Waals surface area contributed by atoms with Gasteiger partial charge in [0.25, 0.3) is 0 Å². The molecule has 1 aromatic carbocycles. The van der Waals surface area contributed by atoms with Crippen LogP contribution < -0.4 is 10.6 Å². The predicted molar refractivity (Wildman–Crippen MR) is 72.2 cm³/mol. The summed E-state index contributed by atoms with van der Waals surface area (Å²) in [5.41, 5.74) is 7.31. The van der Waals surface area contributed by atoms with Gasteiger partial charge in [-0.25, -0.2) is 0 Å². The summed E-state index contributed by atoms with van der Waals surface area (Å²) in [6.45, 7) is 3.35. The third kappa shape index (κ3) is 2.53. The van der Waals surface area contributed by atoms with E-state index in [-0.39, 0.29) is 0 Å². The van der Waals surface area contributed by atoms with Gasteiger partial charge in [0.1, 0.15) is 0 Å². The van der Waals surface area contributed by atoms with Crippen molar-refractivity contribution in [2.75, 3.05) is 17.7 Å². The third-order valence-electron chi connectivity index (χ3n) is 3.32. The lowest BCUT2D eigenvalue weighted by Crippen LogP contribution is -2.45. The van der Waals surface area contributed by atoms with Crippen molar-refractivity contribution >= 4 is 17.4 Å². The maximum absolute atomic E-state index is 5.98. The van der Waals surface area contributed by atoms with E-state index in [1.165, 1.54) is 10.6 Å². The number of benzene rings is 1. The minimum absolute atomic E-state index is 0.386. The van der Waals surface area contributed by atoms with Gasteiger partial charge in [-0.1, -0.05) is 0 Å². The van der Waals surface area contributed by atoms with E-state index in [4.69, 9.17) is 5.73 Å². The minimum Gasteiger partial charge on any atom is -0.369 e. The van der Waals surface area contributed by atoms with E-state index in [9.17, 15) is 0 Å². The van der Waals surface area contributed by atoms with Gasteiger partial charge in [0.2, 0.25) is 0 Å². The summed E-state index contributed by atoms with van der Waals surface area (Å²) in [4.78, 5) is 3.79. The number of thioether (sulfide) groups is 1. The van der Waals surface area contributed by atoms with Gasteiger partial charge in [0.15, 0.2) is 0 Å². The minimum atomic E-state index is 0.386. The molecule has 0 amide bonds. The van der Waals surface area contributed by atoms with Crippen LogP contribution in [0.3, 0.4) is 0 Å². The Kier molecular flexibility index (Phi) is 3.77. The maximum atomic E-state index is 5.98. The molecule has 2 nitrogen and oxygen atoms in total. The molecule has 0 spiro atoms. The molecule has 1 fully saturated rings. The molecule has 2 unspecified atom stereocenters. The second kappa shape index (κ2) is 5.11. The standard InChI is InChI=1S/C13H20N2S/c1-10-9-11(14)7-8-15(10)12-3-5-13(16-2)6-4-12/h3-6,10-11H,7-9,14H2,1-2H3. The molecule has 0 radical (unpaired) electrons. The van der Waals surface area contributed by atoms with Crippen LogP contribution in [-0.4, -0.2) is 24.9 Å². The van der Waals surface area contributed by atoms with Crippen LogP contribution in [0, 0.1) is 0 Å². The highest BCUT2D eigenvalue weighted by Crippen LogP contribution is 2.26. The Balaban J connectivity index is 2.11. The van der Waals surface area contributed by atoms with Gasteiger partial charge in [0.05, 0.1) is 0 Å². The van der Waals surface area contributed by atoms with Crippen LogP contribution in [-0.2, 0) is 0 Å².